The summed E-state index contributed by atoms with van der Waals surface area (Å²) >= 11 is 0. The number of hydrogen-bond donors (Lipinski definition) is 1. The van der Waals surface area contributed by atoms with Crippen LogP contribution in [0, 0.1) is 0 Å². The number of methoxy groups -OCH3 is 1. The number of benzene rings is 4. The Hall–Kier alpha value is -3.83. The molecule has 2 unspecified atom stereocenters. The van der Waals surface area contributed by atoms with E-state index in [9.17, 15) is 4.79 Å². The number of para-hydroxylation sites is 2. The number of esters is 1. The summed E-state index contributed by atoms with van der Waals surface area (Å²) < 4.78 is 11.2. The normalized spacial score (nSPS) is 15.7. The van der Waals surface area contributed by atoms with Crippen molar-refractivity contribution < 1.29 is 14.3 Å². The van der Waals surface area contributed by atoms with Crippen LogP contribution < -0.4 is 15.0 Å². The average molecular weight is 481 g/mol. The van der Waals surface area contributed by atoms with E-state index >= 15 is 0 Å². The number of fused-ring (bicyclic) bond motifs is 2. The molecule has 0 saturated carbocycles. The van der Waals surface area contributed by atoms with Gasteiger partial charge < -0.3 is 19.7 Å². The number of carbonyl (C=O) groups is 1. The molecule has 0 bridgehead atoms. The van der Waals surface area contributed by atoms with E-state index in [1.165, 1.54) is 23.4 Å². The number of carbonyl (C=O) groups excluding carboxylic acids is 1. The third kappa shape index (κ3) is 5.21. The van der Waals surface area contributed by atoms with Gasteiger partial charge in [0.25, 0.3) is 0 Å². The Bertz CT molecular complexity index is 1330. The van der Waals surface area contributed by atoms with Crippen LogP contribution in [0.1, 0.15) is 30.5 Å². The Morgan fingerprint density at radius 3 is 2.58 bits per heavy atom. The van der Waals surface area contributed by atoms with Crippen LogP contribution in [0.3, 0.4) is 0 Å². The van der Waals surface area contributed by atoms with Gasteiger partial charge in [-0.15, -0.1) is 0 Å². The molecule has 0 aliphatic carbocycles. The Labute approximate surface area is 212 Å². The quantitative estimate of drug-likeness (QED) is 0.305. The van der Waals surface area contributed by atoms with Gasteiger partial charge in [-0.2, -0.15) is 0 Å². The molecule has 0 fully saturated rings. The highest BCUT2D eigenvalue weighted by atomic mass is 16.5. The average Bonchev–Trinajstić information content (AvgIpc) is 2.92. The van der Waals surface area contributed by atoms with Crippen molar-refractivity contribution in [3.8, 4) is 5.75 Å². The van der Waals surface area contributed by atoms with Gasteiger partial charge in [-0.1, -0.05) is 66.7 Å². The van der Waals surface area contributed by atoms with Gasteiger partial charge in [0, 0.05) is 11.7 Å². The van der Waals surface area contributed by atoms with Crippen LogP contribution in [0.4, 0.5) is 11.4 Å². The van der Waals surface area contributed by atoms with E-state index < -0.39 is 0 Å². The Morgan fingerprint density at radius 1 is 1.00 bits per heavy atom. The molecule has 4 aromatic rings. The molecular formula is C31H32N2O3. The topological polar surface area (TPSA) is 50.8 Å². The second-order valence-corrected chi connectivity index (χ2v) is 9.27. The Kier molecular flexibility index (Phi) is 7.19. The van der Waals surface area contributed by atoms with Gasteiger partial charge in [0.2, 0.25) is 0 Å². The first-order valence-electron chi connectivity index (χ1n) is 12.5. The van der Waals surface area contributed by atoms with Crippen LogP contribution in [0.15, 0.2) is 91.0 Å². The minimum absolute atomic E-state index is 0.0573. The molecule has 1 aliphatic rings. The van der Waals surface area contributed by atoms with Crippen molar-refractivity contribution in [2.24, 2.45) is 0 Å². The van der Waals surface area contributed by atoms with Crippen LogP contribution in [-0.4, -0.2) is 32.3 Å². The number of ether oxygens (including phenoxy) is 2. The van der Waals surface area contributed by atoms with Crippen LogP contribution in [-0.2, 0) is 16.0 Å². The number of anilines is 2. The molecule has 1 aliphatic heterocycles. The third-order valence-electron chi connectivity index (χ3n) is 6.87. The molecule has 0 aromatic heterocycles. The molecule has 5 heteroatoms. The Morgan fingerprint density at radius 2 is 1.75 bits per heavy atom. The maximum atomic E-state index is 11.6. The van der Waals surface area contributed by atoms with Gasteiger partial charge in [-0.05, 0) is 66.1 Å². The smallest absolute Gasteiger partial charge is 0.309 e. The highest BCUT2D eigenvalue weighted by molar-refractivity contribution is 5.86. The van der Waals surface area contributed by atoms with E-state index in [2.05, 4.69) is 77.8 Å². The fourth-order valence-electron chi connectivity index (χ4n) is 4.92. The van der Waals surface area contributed by atoms with Gasteiger partial charge >= 0.3 is 5.97 Å². The number of nitrogens with one attached hydrogen (secondary N) is 1. The molecule has 4 aromatic carbocycles. The maximum absolute atomic E-state index is 11.6. The molecule has 184 valence electrons. The molecule has 0 saturated heterocycles. The largest absolute Gasteiger partial charge is 0.486 e. The van der Waals surface area contributed by atoms with Gasteiger partial charge in [-0.3, -0.25) is 4.79 Å². The minimum atomic E-state index is -0.232. The van der Waals surface area contributed by atoms with Crippen LogP contribution in [0.2, 0.25) is 0 Å². The predicted octanol–water partition coefficient (Wildman–Crippen LogP) is 6.20. The fourth-order valence-corrected chi connectivity index (χ4v) is 4.92. The first kappa shape index (κ1) is 23.9. The van der Waals surface area contributed by atoms with Gasteiger partial charge in [-0.25, -0.2) is 0 Å². The highest BCUT2D eigenvalue weighted by Gasteiger charge is 2.26. The Balaban J connectivity index is 1.26. The van der Waals surface area contributed by atoms with Crippen molar-refractivity contribution in [3.05, 3.63) is 102 Å². The lowest BCUT2D eigenvalue weighted by Gasteiger charge is -2.36. The van der Waals surface area contributed by atoms with E-state index in [0.717, 1.165) is 42.2 Å². The molecule has 5 rings (SSSR count). The number of rotatable bonds is 8. The first-order valence-corrected chi connectivity index (χ1v) is 12.5. The molecule has 0 spiro atoms. The summed E-state index contributed by atoms with van der Waals surface area (Å²) in [5, 5.41) is 6.27. The molecule has 1 N–H and O–H groups in total. The summed E-state index contributed by atoms with van der Waals surface area (Å²) in [7, 11) is 1.42. The third-order valence-corrected chi connectivity index (χ3v) is 6.87. The van der Waals surface area contributed by atoms with Gasteiger partial charge in [0.05, 0.1) is 25.8 Å². The minimum Gasteiger partial charge on any atom is -0.486 e. The van der Waals surface area contributed by atoms with Crippen molar-refractivity contribution in [1.29, 1.82) is 0 Å². The van der Waals surface area contributed by atoms with Crippen molar-refractivity contribution in [1.82, 2.24) is 5.32 Å². The van der Waals surface area contributed by atoms with E-state index in [1.54, 1.807) is 0 Å². The summed E-state index contributed by atoms with van der Waals surface area (Å²) in [6.45, 7) is 3.84. The van der Waals surface area contributed by atoms with Crippen molar-refractivity contribution in [3.63, 3.8) is 0 Å². The lowest BCUT2D eigenvalue weighted by molar-refractivity contribution is -0.139. The lowest BCUT2D eigenvalue weighted by atomic mass is 9.99. The molecule has 0 amide bonds. The van der Waals surface area contributed by atoms with E-state index in [0.29, 0.717) is 0 Å². The summed E-state index contributed by atoms with van der Waals surface area (Å²) in [5.41, 5.74) is 4.40. The van der Waals surface area contributed by atoms with Crippen LogP contribution in [0.25, 0.3) is 10.8 Å². The van der Waals surface area contributed by atoms with Crippen molar-refractivity contribution in [2.75, 3.05) is 25.1 Å². The summed E-state index contributed by atoms with van der Waals surface area (Å²) in [6.07, 6.45) is 1.22. The predicted molar refractivity (Wildman–Crippen MR) is 145 cm³/mol. The van der Waals surface area contributed by atoms with Crippen molar-refractivity contribution >= 4 is 28.1 Å². The molecule has 36 heavy (non-hydrogen) atoms. The highest BCUT2D eigenvalue weighted by Crippen LogP contribution is 2.38. The zero-order valence-corrected chi connectivity index (χ0v) is 20.8. The standard InChI is InChI=1S/C31H32N2O3/c1-22(27-11-7-9-24-8-3-4-10-28(24)27)32-19-18-26-21-33(29-12-5-6-13-30(29)36-26)25-16-14-23(15-17-25)20-31(34)35-2/h3-17,22,26,32H,18-21H2,1-2H3. The van der Waals surface area contributed by atoms with Crippen LogP contribution in [0.5, 0.6) is 5.75 Å². The lowest BCUT2D eigenvalue weighted by Crippen LogP contribution is -2.39. The zero-order chi connectivity index (χ0) is 24.9. The summed E-state index contributed by atoms with van der Waals surface area (Å²) in [5.74, 6) is 0.666. The van der Waals surface area contributed by atoms with Gasteiger partial charge in [0.15, 0.2) is 0 Å². The molecule has 2 atom stereocenters. The second kappa shape index (κ2) is 10.8. The van der Waals surface area contributed by atoms with Crippen LogP contribution >= 0.6 is 0 Å². The van der Waals surface area contributed by atoms with E-state index in [1.807, 2.05) is 30.3 Å². The second-order valence-electron chi connectivity index (χ2n) is 9.27. The van der Waals surface area contributed by atoms with Gasteiger partial charge in [0.1, 0.15) is 11.9 Å². The van der Waals surface area contributed by atoms with Crippen molar-refractivity contribution in [2.45, 2.75) is 31.9 Å². The molecule has 0 radical (unpaired) electrons. The summed E-state index contributed by atoms with van der Waals surface area (Å²) in [6, 6.07) is 31.6. The van der Waals surface area contributed by atoms with E-state index in [-0.39, 0.29) is 24.5 Å². The first-order chi connectivity index (χ1) is 17.6. The molecular weight excluding hydrogens is 448 g/mol. The number of nitrogens with zero attached hydrogens (tertiary/aromatic N) is 1. The maximum Gasteiger partial charge on any atom is 0.309 e. The number of hydrogen-bond acceptors (Lipinski definition) is 5. The van der Waals surface area contributed by atoms with E-state index in [4.69, 9.17) is 9.47 Å². The SMILES string of the molecule is COC(=O)Cc1ccc(N2CC(CCNC(C)c3cccc4ccccc34)Oc3ccccc32)cc1. The molecule has 1 heterocycles. The zero-order valence-electron chi connectivity index (χ0n) is 20.8. The summed E-state index contributed by atoms with van der Waals surface area (Å²) in [4.78, 5) is 13.9. The fraction of sp³-hybridized carbons (Fsp3) is 0.258. The molecule has 5 nitrogen and oxygen atoms in total. The monoisotopic (exact) mass is 480 g/mol.